The van der Waals surface area contributed by atoms with Crippen LogP contribution in [-0.4, -0.2) is 12.6 Å². The van der Waals surface area contributed by atoms with Gasteiger partial charge in [0.2, 0.25) is 0 Å². The lowest BCUT2D eigenvalue weighted by Crippen LogP contribution is -2.26. The first-order valence-electron chi connectivity index (χ1n) is 18.7. The van der Waals surface area contributed by atoms with Crippen molar-refractivity contribution in [2.75, 3.05) is 6.54 Å². The molecule has 0 aliphatic carbocycles. The highest BCUT2D eigenvalue weighted by atomic mass is 14.9. The Bertz CT molecular complexity index is 437. The Labute approximate surface area is 250 Å². The van der Waals surface area contributed by atoms with Crippen molar-refractivity contribution in [2.45, 2.75) is 233 Å². The summed E-state index contributed by atoms with van der Waals surface area (Å²) in [5.74, 6) is 0. The molecule has 1 unspecified atom stereocenters. The van der Waals surface area contributed by atoms with Gasteiger partial charge in [-0.2, -0.15) is 0 Å². The molecule has 0 fully saturated rings. The average Bonchev–Trinajstić information content (AvgIpc) is 2.90. The monoisotopic (exact) mass is 550 g/mol. The van der Waals surface area contributed by atoms with Crippen LogP contribution in [0.2, 0.25) is 0 Å². The van der Waals surface area contributed by atoms with Gasteiger partial charge in [-0.15, -0.1) is 0 Å². The minimum absolute atomic E-state index is 0.530. The van der Waals surface area contributed by atoms with Crippen LogP contribution in [0.4, 0.5) is 0 Å². The minimum atomic E-state index is 0.530. The summed E-state index contributed by atoms with van der Waals surface area (Å²) >= 11 is 0. The first-order chi connectivity index (χ1) is 19.0. The third-order valence-corrected chi connectivity index (χ3v) is 8.84. The van der Waals surface area contributed by atoms with E-state index in [0.29, 0.717) is 11.5 Å². The third-order valence-electron chi connectivity index (χ3n) is 8.84. The molecule has 0 aromatic heterocycles. The molecule has 1 heteroatoms. The van der Waals surface area contributed by atoms with Gasteiger partial charge in [0, 0.05) is 6.04 Å². The van der Waals surface area contributed by atoms with Crippen LogP contribution in [0, 0.1) is 5.41 Å². The van der Waals surface area contributed by atoms with Gasteiger partial charge in [-0.25, -0.2) is 0 Å². The minimum Gasteiger partial charge on any atom is -0.314 e. The lowest BCUT2D eigenvalue weighted by atomic mass is 9.89. The average molecular weight is 550 g/mol. The highest BCUT2D eigenvalue weighted by molar-refractivity contribution is 4.62. The maximum atomic E-state index is 3.78. The van der Waals surface area contributed by atoms with Gasteiger partial charge in [0.15, 0.2) is 0 Å². The van der Waals surface area contributed by atoms with Crippen molar-refractivity contribution in [1.29, 1.82) is 0 Å². The summed E-state index contributed by atoms with van der Waals surface area (Å²) in [6.07, 6.45) is 43.5. The van der Waals surface area contributed by atoms with Crippen LogP contribution in [0.15, 0.2) is 0 Å². The van der Waals surface area contributed by atoms with E-state index in [-0.39, 0.29) is 0 Å². The summed E-state index contributed by atoms with van der Waals surface area (Å²) in [5, 5.41) is 3.78. The van der Waals surface area contributed by atoms with E-state index in [4.69, 9.17) is 0 Å². The van der Waals surface area contributed by atoms with Crippen LogP contribution in [0.3, 0.4) is 0 Å². The van der Waals surface area contributed by atoms with E-state index in [0.717, 1.165) is 0 Å². The van der Waals surface area contributed by atoms with Gasteiger partial charge in [0.05, 0.1) is 0 Å². The molecule has 0 radical (unpaired) electrons. The summed E-state index contributed by atoms with van der Waals surface area (Å²) in [6.45, 7) is 13.0. The van der Waals surface area contributed by atoms with Crippen molar-refractivity contribution in [1.82, 2.24) is 5.32 Å². The zero-order chi connectivity index (χ0) is 28.7. The lowest BCUT2D eigenvalue weighted by Gasteiger charge is -2.17. The molecule has 0 aromatic carbocycles. The number of nitrogens with one attached hydrogen (secondary N) is 1. The van der Waals surface area contributed by atoms with Crippen molar-refractivity contribution < 1.29 is 0 Å². The molecule has 0 aliphatic rings. The zero-order valence-corrected chi connectivity index (χ0v) is 28.5. The van der Waals surface area contributed by atoms with E-state index in [2.05, 4.69) is 39.9 Å². The van der Waals surface area contributed by atoms with Crippen molar-refractivity contribution >= 4 is 0 Å². The number of hydrogen-bond donors (Lipinski definition) is 1. The quantitative estimate of drug-likeness (QED) is 0.0822. The summed E-state index contributed by atoms with van der Waals surface area (Å²) < 4.78 is 0. The molecule has 0 saturated carbocycles. The van der Waals surface area contributed by atoms with Gasteiger partial charge in [-0.05, 0) is 38.1 Å². The van der Waals surface area contributed by atoms with E-state index in [1.807, 2.05) is 0 Å². The van der Waals surface area contributed by atoms with Crippen LogP contribution < -0.4 is 5.32 Å². The molecule has 236 valence electrons. The molecule has 0 spiro atoms. The van der Waals surface area contributed by atoms with Crippen LogP contribution >= 0.6 is 0 Å². The first-order valence-corrected chi connectivity index (χ1v) is 18.7. The van der Waals surface area contributed by atoms with Gasteiger partial charge in [0.1, 0.15) is 0 Å². The van der Waals surface area contributed by atoms with Crippen LogP contribution in [-0.2, 0) is 0 Å². The van der Waals surface area contributed by atoms with Gasteiger partial charge >= 0.3 is 0 Å². The smallest absolute Gasteiger partial charge is 0.00387 e. The van der Waals surface area contributed by atoms with E-state index in [1.165, 1.54) is 199 Å². The van der Waals surface area contributed by atoms with Crippen molar-refractivity contribution in [3.8, 4) is 0 Å². The summed E-state index contributed by atoms with van der Waals surface area (Å²) in [4.78, 5) is 0. The van der Waals surface area contributed by atoms with Crippen LogP contribution in [0.25, 0.3) is 0 Å². The topological polar surface area (TPSA) is 12.0 Å². The fraction of sp³-hybridized carbons (Fsp3) is 1.00. The molecule has 0 aliphatic heterocycles. The normalized spacial score (nSPS) is 12.8. The standard InChI is InChI=1S/C38H79N/c1-6-7-8-9-10-11-19-22-25-28-31-34-37(2)39-36-33-30-27-24-21-18-16-14-12-13-15-17-20-23-26-29-32-35-38(3,4)5/h37,39H,6-36H2,1-5H3. The fourth-order valence-electron chi connectivity index (χ4n) is 6.00. The molecule has 1 atom stereocenters. The van der Waals surface area contributed by atoms with Gasteiger partial charge in [-0.3, -0.25) is 0 Å². The predicted molar refractivity (Wildman–Crippen MR) is 181 cm³/mol. The maximum Gasteiger partial charge on any atom is 0.00387 e. The summed E-state index contributed by atoms with van der Waals surface area (Å²) in [7, 11) is 0. The van der Waals surface area contributed by atoms with E-state index in [1.54, 1.807) is 0 Å². The van der Waals surface area contributed by atoms with Crippen molar-refractivity contribution in [3.05, 3.63) is 0 Å². The van der Waals surface area contributed by atoms with Gasteiger partial charge in [0.25, 0.3) is 0 Å². The Morgan fingerprint density at radius 1 is 0.410 bits per heavy atom. The highest BCUT2D eigenvalue weighted by Gasteiger charge is 2.08. The number of rotatable bonds is 32. The Balaban J connectivity index is 3.15. The molecular formula is C38H79N. The van der Waals surface area contributed by atoms with Gasteiger partial charge < -0.3 is 5.32 Å². The van der Waals surface area contributed by atoms with E-state index in [9.17, 15) is 0 Å². The summed E-state index contributed by atoms with van der Waals surface area (Å²) in [5.41, 5.74) is 0.530. The van der Waals surface area contributed by atoms with Crippen LogP contribution in [0.5, 0.6) is 0 Å². The molecule has 1 nitrogen and oxygen atoms in total. The highest BCUT2D eigenvalue weighted by Crippen LogP contribution is 2.23. The predicted octanol–water partition coefficient (Wildman–Crippen LogP) is 13.7. The van der Waals surface area contributed by atoms with Crippen molar-refractivity contribution in [2.24, 2.45) is 5.41 Å². The second-order valence-corrected chi connectivity index (χ2v) is 14.5. The van der Waals surface area contributed by atoms with Crippen molar-refractivity contribution in [3.63, 3.8) is 0 Å². The largest absolute Gasteiger partial charge is 0.314 e. The van der Waals surface area contributed by atoms with Crippen LogP contribution in [0.1, 0.15) is 227 Å². The maximum absolute atomic E-state index is 3.78. The lowest BCUT2D eigenvalue weighted by molar-refractivity contribution is 0.356. The Hall–Kier alpha value is -0.0400. The molecule has 1 N–H and O–H groups in total. The Morgan fingerprint density at radius 3 is 1.08 bits per heavy atom. The fourth-order valence-corrected chi connectivity index (χ4v) is 6.00. The second kappa shape index (κ2) is 30.9. The molecule has 39 heavy (non-hydrogen) atoms. The van der Waals surface area contributed by atoms with E-state index < -0.39 is 0 Å². The number of unbranched alkanes of at least 4 members (excludes halogenated alkanes) is 26. The molecule has 0 aromatic rings. The van der Waals surface area contributed by atoms with Gasteiger partial charge in [-0.1, -0.05) is 201 Å². The summed E-state index contributed by atoms with van der Waals surface area (Å²) in [6, 6.07) is 0.715. The molecule has 0 heterocycles. The molecule has 0 rings (SSSR count). The molecule has 0 bridgehead atoms. The SMILES string of the molecule is CCCCCCCCCCCCCC(C)NCCCCCCCCCCCCCCCCCCCC(C)(C)C. The van der Waals surface area contributed by atoms with E-state index >= 15 is 0 Å². The Kier molecular flexibility index (Phi) is 30.9. The number of hydrogen-bond acceptors (Lipinski definition) is 1. The second-order valence-electron chi connectivity index (χ2n) is 14.5. The molecular weight excluding hydrogens is 470 g/mol. The molecule has 0 saturated heterocycles. The first kappa shape index (κ1) is 39.0. The Morgan fingerprint density at radius 2 is 0.718 bits per heavy atom. The molecule has 0 amide bonds. The zero-order valence-electron chi connectivity index (χ0n) is 28.5. The third kappa shape index (κ3) is 35.9.